The van der Waals surface area contributed by atoms with Crippen molar-refractivity contribution in [3.8, 4) is 0 Å². The summed E-state index contributed by atoms with van der Waals surface area (Å²) in [6.45, 7) is 3.94. The molecule has 1 rings (SSSR count). The van der Waals surface area contributed by atoms with E-state index in [0.29, 0.717) is 5.82 Å². The number of anilines is 1. The molecular weight excluding hydrogens is 183 g/mol. The van der Waals surface area contributed by atoms with Crippen molar-refractivity contribution in [2.45, 2.75) is 19.9 Å². The summed E-state index contributed by atoms with van der Waals surface area (Å²) in [6, 6.07) is 4.66. The second-order valence-corrected chi connectivity index (χ2v) is 3.44. The summed E-state index contributed by atoms with van der Waals surface area (Å²) >= 11 is 0. The van der Waals surface area contributed by atoms with E-state index in [-0.39, 0.29) is 18.6 Å². The molecule has 1 heterocycles. The van der Waals surface area contributed by atoms with Crippen LogP contribution in [0.2, 0.25) is 0 Å². The van der Waals surface area contributed by atoms with E-state index in [9.17, 15) is 4.39 Å². The van der Waals surface area contributed by atoms with Gasteiger partial charge in [-0.25, -0.2) is 4.98 Å². The molecule has 0 bridgehead atoms. The number of nitrogens with one attached hydrogen (secondary N) is 1. The van der Waals surface area contributed by atoms with Gasteiger partial charge in [-0.2, -0.15) is 4.39 Å². The lowest BCUT2D eigenvalue weighted by molar-refractivity contribution is 0.226. The van der Waals surface area contributed by atoms with E-state index in [1.807, 2.05) is 13.8 Å². The number of nitrogens with zero attached hydrogens (tertiary/aromatic N) is 1. The van der Waals surface area contributed by atoms with E-state index < -0.39 is 5.95 Å². The van der Waals surface area contributed by atoms with Gasteiger partial charge in [0.25, 0.3) is 0 Å². The zero-order valence-electron chi connectivity index (χ0n) is 8.37. The third-order valence-corrected chi connectivity index (χ3v) is 2.23. The van der Waals surface area contributed by atoms with E-state index in [0.717, 1.165) is 0 Å². The molecular formula is C10H15FN2O. The Morgan fingerprint density at radius 3 is 2.79 bits per heavy atom. The lowest BCUT2D eigenvalue weighted by Crippen LogP contribution is -2.26. The van der Waals surface area contributed by atoms with Crippen LogP contribution < -0.4 is 5.32 Å². The van der Waals surface area contributed by atoms with Gasteiger partial charge in [-0.1, -0.05) is 13.0 Å². The van der Waals surface area contributed by atoms with Gasteiger partial charge in [-0.3, -0.25) is 0 Å². The molecule has 0 aromatic carbocycles. The molecule has 0 radical (unpaired) electrons. The lowest BCUT2D eigenvalue weighted by atomic mass is 10.1. The molecule has 2 N–H and O–H groups in total. The molecule has 2 atom stereocenters. The Hall–Kier alpha value is -1.16. The van der Waals surface area contributed by atoms with E-state index in [2.05, 4.69) is 10.3 Å². The maximum Gasteiger partial charge on any atom is 0.214 e. The number of rotatable bonds is 4. The molecule has 1 aromatic rings. The molecule has 14 heavy (non-hydrogen) atoms. The molecule has 0 saturated heterocycles. The summed E-state index contributed by atoms with van der Waals surface area (Å²) in [5.74, 6) is 0.108. The van der Waals surface area contributed by atoms with Crippen LogP contribution in [0.3, 0.4) is 0 Å². The van der Waals surface area contributed by atoms with Gasteiger partial charge in [0.05, 0.1) is 0 Å². The van der Waals surface area contributed by atoms with Gasteiger partial charge < -0.3 is 10.4 Å². The highest BCUT2D eigenvalue weighted by atomic mass is 19.1. The van der Waals surface area contributed by atoms with Crippen LogP contribution in [0.5, 0.6) is 0 Å². The number of aliphatic hydroxyl groups excluding tert-OH is 1. The highest BCUT2D eigenvalue weighted by Gasteiger charge is 2.11. The molecule has 2 unspecified atom stereocenters. The summed E-state index contributed by atoms with van der Waals surface area (Å²) in [5.41, 5.74) is 0. The largest absolute Gasteiger partial charge is 0.396 e. The van der Waals surface area contributed by atoms with Crippen LogP contribution in [0.15, 0.2) is 18.2 Å². The number of hydrogen-bond acceptors (Lipinski definition) is 3. The topological polar surface area (TPSA) is 45.1 Å². The average molecular weight is 198 g/mol. The van der Waals surface area contributed by atoms with Crippen molar-refractivity contribution in [2.24, 2.45) is 5.92 Å². The third-order valence-electron chi connectivity index (χ3n) is 2.23. The maximum absolute atomic E-state index is 12.7. The Morgan fingerprint density at radius 1 is 1.50 bits per heavy atom. The SMILES string of the molecule is CC(CO)C(C)Nc1cccc(F)n1. The minimum atomic E-state index is -0.501. The van der Waals surface area contributed by atoms with E-state index in [1.54, 1.807) is 12.1 Å². The normalized spacial score (nSPS) is 14.9. The molecule has 1 aromatic heterocycles. The third kappa shape index (κ3) is 2.96. The first-order valence-electron chi connectivity index (χ1n) is 4.63. The second kappa shape index (κ2) is 4.91. The van der Waals surface area contributed by atoms with E-state index in [4.69, 9.17) is 5.11 Å². The van der Waals surface area contributed by atoms with Gasteiger partial charge in [0.15, 0.2) is 0 Å². The van der Waals surface area contributed by atoms with Gasteiger partial charge in [0, 0.05) is 12.6 Å². The Labute approximate surface area is 83.0 Å². The molecule has 0 aliphatic heterocycles. The second-order valence-electron chi connectivity index (χ2n) is 3.44. The first kappa shape index (κ1) is 10.9. The molecule has 78 valence electrons. The van der Waals surface area contributed by atoms with Crippen LogP contribution >= 0.6 is 0 Å². The molecule has 0 spiro atoms. The van der Waals surface area contributed by atoms with Crippen molar-refractivity contribution in [2.75, 3.05) is 11.9 Å². The molecule has 3 nitrogen and oxygen atoms in total. The minimum absolute atomic E-state index is 0.0642. The Morgan fingerprint density at radius 2 is 2.21 bits per heavy atom. The molecule has 0 fully saturated rings. The highest BCUT2D eigenvalue weighted by molar-refractivity contribution is 5.34. The number of hydrogen-bond donors (Lipinski definition) is 2. The molecule has 0 aliphatic rings. The van der Waals surface area contributed by atoms with E-state index >= 15 is 0 Å². The fraction of sp³-hybridized carbons (Fsp3) is 0.500. The first-order chi connectivity index (χ1) is 6.63. The predicted molar refractivity (Wildman–Crippen MR) is 53.5 cm³/mol. The van der Waals surface area contributed by atoms with Crippen LogP contribution in [0, 0.1) is 11.9 Å². The van der Waals surface area contributed by atoms with Gasteiger partial charge >= 0.3 is 0 Å². The quantitative estimate of drug-likeness (QED) is 0.723. The number of aliphatic hydroxyl groups is 1. The number of halogens is 1. The van der Waals surface area contributed by atoms with Gasteiger partial charge in [0.1, 0.15) is 5.82 Å². The predicted octanol–water partition coefficient (Wildman–Crippen LogP) is 1.65. The summed E-state index contributed by atoms with van der Waals surface area (Å²) < 4.78 is 12.7. The highest BCUT2D eigenvalue weighted by Crippen LogP contribution is 2.10. The molecule has 4 heteroatoms. The lowest BCUT2D eigenvalue weighted by Gasteiger charge is -2.19. The van der Waals surface area contributed by atoms with Crippen LogP contribution in [-0.2, 0) is 0 Å². The monoisotopic (exact) mass is 198 g/mol. The van der Waals surface area contributed by atoms with Crippen molar-refractivity contribution < 1.29 is 9.50 Å². The average Bonchev–Trinajstić information content (AvgIpc) is 2.16. The van der Waals surface area contributed by atoms with Crippen LogP contribution in [0.1, 0.15) is 13.8 Å². The standard InChI is InChI=1S/C10H15FN2O/c1-7(6-14)8(2)12-10-5-3-4-9(11)13-10/h3-5,7-8,14H,6H2,1-2H3,(H,12,13). The molecule has 0 saturated carbocycles. The van der Waals surface area contributed by atoms with Crippen LogP contribution in [-0.4, -0.2) is 22.7 Å². The molecule has 0 amide bonds. The van der Waals surface area contributed by atoms with Gasteiger partial charge in [-0.05, 0) is 25.0 Å². The van der Waals surface area contributed by atoms with Crippen LogP contribution in [0.25, 0.3) is 0 Å². The summed E-state index contributed by atoms with van der Waals surface area (Å²) in [4.78, 5) is 3.67. The van der Waals surface area contributed by atoms with Gasteiger partial charge in [-0.15, -0.1) is 0 Å². The van der Waals surface area contributed by atoms with Crippen molar-refractivity contribution >= 4 is 5.82 Å². The summed E-state index contributed by atoms with van der Waals surface area (Å²) in [7, 11) is 0. The van der Waals surface area contributed by atoms with E-state index in [1.165, 1.54) is 6.07 Å². The molecule has 0 aliphatic carbocycles. The smallest absolute Gasteiger partial charge is 0.214 e. The van der Waals surface area contributed by atoms with Gasteiger partial charge in [0.2, 0.25) is 5.95 Å². The van der Waals surface area contributed by atoms with Crippen molar-refractivity contribution in [3.63, 3.8) is 0 Å². The van der Waals surface area contributed by atoms with Crippen molar-refractivity contribution in [1.82, 2.24) is 4.98 Å². The summed E-state index contributed by atoms with van der Waals surface area (Å²) in [6.07, 6.45) is 0. The Bertz CT molecular complexity index is 293. The Balaban J connectivity index is 2.60. The fourth-order valence-corrected chi connectivity index (χ4v) is 1.02. The summed E-state index contributed by atoms with van der Waals surface area (Å²) in [5, 5.41) is 11.9. The maximum atomic E-state index is 12.7. The van der Waals surface area contributed by atoms with Crippen molar-refractivity contribution in [1.29, 1.82) is 0 Å². The zero-order valence-corrected chi connectivity index (χ0v) is 8.37. The van der Waals surface area contributed by atoms with Crippen LogP contribution in [0.4, 0.5) is 10.2 Å². The van der Waals surface area contributed by atoms with Crippen molar-refractivity contribution in [3.05, 3.63) is 24.1 Å². The first-order valence-corrected chi connectivity index (χ1v) is 4.63. The minimum Gasteiger partial charge on any atom is -0.396 e. The number of aromatic nitrogens is 1. The Kier molecular flexibility index (Phi) is 3.83. The zero-order chi connectivity index (χ0) is 10.6. The fourth-order valence-electron chi connectivity index (χ4n) is 1.02. The number of pyridine rings is 1.